The zero-order valence-electron chi connectivity index (χ0n) is 15.3. The van der Waals surface area contributed by atoms with Crippen molar-refractivity contribution in [1.82, 2.24) is 4.90 Å². The van der Waals surface area contributed by atoms with Crippen LogP contribution in [0.2, 0.25) is 0 Å². The number of ether oxygens (including phenoxy) is 2. The van der Waals surface area contributed by atoms with Gasteiger partial charge in [0.15, 0.2) is 0 Å². The lowest BCUT2D eigenvalue weighted by molar-refractivity contribution is -0.154. The number of carbonyl (C=O) groups excluding carboxylic acids is 1. The van der Waals surface area contributed by atoms with Crippen molar-refractivity contribution in [2.75, 3.05) is 19.7 Å². The lowest BCUT2D eigenvalue weighted by Gasteiger charge is -2.41. The number of rotatable bonds is 6. The highest BCUT2D eigenvalue weighted by atomic mass is 79.9. The molecule has 0 aliphatic carbocycles. The third kappa shape index (κ3) is 5.11. The molecule has 1 fully saturated rings. The summed E-state index contributed by atoms with van der Waals surface area (Å²) >= 11 is 3.41. The van der Waals surface area contributed by atoms with Crippen LogP contribution in [-0.4, -0.2) is 41.8 Å². The minimum atomic E-state index is -1.01. The van der Waals surface area contributed by atoms with Crippen LogP contribution in [0.5, 0.6) is 0 Å². The molecule has 0 spiro atoms. The van der Waals surface area contributed by atoms with Crippen LogP contribution in [0.4, 0.5) is 4.79 Å². The number of amides is 1. The Bertz CT molecular complexity index is 801. The van der Waals surface area contributed by atoms with Crippen molar-refractivity contribution in [3.05, 3.63) is 70.2 Å². The second-order valence-corrected chi connectivity index (χ2v) is 7.63. The fourth-order valence-corrected chi connectivity index (χ4v) is 3.60. The van der Waals surface area contributed by atoms with Crippen molar-refractivity contribution in [3.8, 4) is 0 Å². The minimum Gasteiger partial charge on any atom is -0.480 e. The van der Waals surface area contributed by atoms with E-state index in [2.05, 4.69) is 15.9 Å². The fourth-order valence-electron chi connectivity index (χ4n) is 3.33. The van der Waals surface area contributed by atoms with E-state index in [1.165, 1.54) is 0 Å². The second-order valence-electron chi connectivity index (χ2n) is 6.71. The smallest absolute Gasteiger partial charge is 0.410 e. The molecule has 0 bridgehead atoms. The Morgan fingerprint density at radius 2 is 1.68 bits per heavy atom. The summed E-state index contributed by atoms with van der Waals surface area (Å²) in [6.45, 7) is 0.713. The molecule has 6 nitrogen and oxygen atoms in total. The maximum absolute atomic E-state index is 12.4. The number of benzene rings is 2. The number of carboxylic acids is 1. The molecular weight excluding hydrogens is 426 g/mol. The molecule has 0 radical (unpaired) electrons. The zero-order valence-corrected chi connectivity index (χ0v) is 16.9. The third-order valence-electron chi connectivity index (χ3n) is 4.88. The van der Waals surface area contributed by atoms with Crippen LogP contribution in [0.3, 0.4) is 0 Å². The zero-order chi connectivity index (χ0) is 20.0. The van der Waals surface area contributed by atoms with Gasteiger partial charge in [-0.3, -0.25) is 0 Å². The van der Waals surface area contributed by atoms with Crippen LogP contribution in [0.25, 0.3) is 0 Å². The first-order valence-electron chi connectivity index (χ1n) is 9.06. The van der Waals surface area contributed by atoms with Crippen molar-refractivity contribution >= 4 is 28.0 Å². The van der Waals surface area contributed by atoms with Crippen LogP contribution in [0.1, 0.15) is 24.0 Å². The van der Waals surface area contributed by atoms with E-state index in [0.29, 0.717) is 25.9 Å². The van der Waals surface area contributed by atoms with Crippen molar-refractivity contribution in [2.24, 2.45) is 0 Å². The Morgan fingerprint density at radius 3 is 2.29 bits per heavy atom. The summed E-state index contributed by atoms with van der Waals surface area (Å²) in [5.74, 6) is -1.01. The summed E-state index contributed by atoms with van der Waals surface area (Å²) in [7, 11) is 0. The number of carbonyl (C=O) groups is 2. The Labute approximate surface area is 172 Å². The van der Waals surface area contributed by atoms with E-state index in [9.17, 15) is 9.59 Å². The molecule has 1 aliphatic heterocycles. The topological polar surface area (TPSA) is 76.1 Å². The summed E-state index contributed by atoms with van der Waals surface area (Å²) < 4.78 is 12.2. The van der Waals surface area contributed by atoms with Gasteiger partial charge in [-0.15, -0.1) is 0 Å². The minimum absolute atomic E-state index is 0.226. The number of aliphatic carboxylic acids is 1. The lowest BCUT2D eigenvalue weighted by Crippen LogP contribution is -2.47. The molecule has 3 rings (SSSR count). The molecule has 148 valence electrons. The van der Waals surface area contributed by atoms with Crippen molar-refractivity contribution in [2.45, 2.75) is 25.0 Å². The largest absolute Gasteiger partial charge is 0.480 e. The molecular formula is C21H22BrNO5. The number of likely N-dealkylation sites (tertiary alicyclic amines) is 1. The van der Waals surface area contributed by atoms with E-state index >= 15 is 0 Å². The van der Waals surface area contributed by atoms with Gasteiger partial charge in [0.1, 0.15) is 13.2 Å². The molecule has 1 saturated heterocycles. The number of nitrogens with zero attached hydrogens (tertiary/aromatic N) is 1. The predicted molar refractivity (Wildman–Crippen MR) is 107 cm³/mol. The van der Waals surface area contributed by atoms with Crippen molar-refractivity contribution in [1.29, 1.82) is 0 Å². The van der Waals surface area contributed by atoms with E-state index in [4.69, 9.17) is 14.6 Å². The summed E-state index contributed by atoms with van der Waals surface area (Å²) in [6, 6.07) is 17.2. The average Bonchev–Trinajstić information content (AvgIpc) is 2.72. The van der Waals surface area contributed by atoms with Gasteiger partial charge in [0.2, 0.25) is 0 Å². The first-order valence-corrected chi connectivity index (χ1v) is 9.85. The van der Waals surface area contributed by atoms with Gasteiger partial charge in [0, 0.05) is 17.6 Å². The molecule has 2 aromatic rings. The highest BCUT2D eigenvalue weighted by Crippen LogP contribution is 2.37. The lowest BCUT2D eigenvalue weighted by atomic mass is 9.84. The van der Waals surface area contributed by atoms with Crippen LogP contribution in [-0.2, 0) is 26.5 Å². The molecule has 1 heterocycles. The third-order valence-corrected chi connectivity index (χ3v) is 5.41. The maximum Gasteiger partial charge on any atom is 0.410 e. The van der Waals surface area contributed by atoms with Gasteiger partial charge in [-0.05, 0) is 36.1 Å². The van der Waals surface area contributed by atoms with E-state index in [-0.39, 0.29) is 19.3 Å². The Morgan fingerprint density at radius 1 is 1.04 bits per heavy atom. The molecule has 1 N–H and O–H groups in total. The van der Waals surface area contributed by atoms with E-state index in [1.807, 2.05) is 54.6 Å². The SMILES string of the molecule is O=C(O)COC1(c2ccc(Br)cc2)CCN(C(=O)OCc2ccccc2)CC1. The number of carboxylic acid groups (broad SMARTS) is 1. The first kappa shape index (κ1) is 20.4. The van der Waals surface area contributed by atoms with E-state index < -0.39 is 11.6 Å². The quantitative estimate of drug-likeness (QED) is 0.718. The molecule has 0 aromatic heterocycles. The second kappa shape index (κ2) is 9.21. The molecule has 1 amide bonds. The molecule has 28 heavy (non-hydrogen) atoms. The van der Waals surface area contributed by atoms with E-state index in [1.54, 1.807) is 4.90 Å². The predicted octanol–water partition coefficient (Wildman–Crippen LogP) is 4.18. The summed E-state index contributed by atoms with van der Waals surface area (Å²) in [6.07, 6.45) is 0.636. The van der Waals surface area contributed by atoms with Crippen LogP contribution < -0.4 is 0 Å². The first-order chi connectivity index (χ1) is 13.5. The fraction of sp³-hybridized carbons (Fsp3) is 0.333. The van der Waals surface area contributed by atoms with Gasteiger partial charge >= 0.3 is 12.1 Å². The molecule has 0 unspecified atom stereocenters. The highest BCUT2D eigenvalue weighted by Gasteiger charge is 2.39. The molecule has 0 atom stereocenters. The summed E-state index contributed by atoms with van der Waals surface area (Å²) in [5.41, 5.74) is 1.12. The summed E-state index contributed by atoms with van der Waals surface area (Å²) in [5, 5.41) is 9.05. The van der Waals surface area contributed by atoms with Gasteiger partial charge < -0.3 is 19.5 Å². The van der Waals surface area contributed by atoms with Gasteiger partial charge in [-0.1, -0.05) is 58.4 Å². The van der Waals surface area contributed by atoms with Gasteiger partial charge in [-0.2, -0.15) is 0 Å². The number of piperidine rings is 1. The van der Waals surface area contributed by atoms with Gasteiger partial charge in [0.05, 0.1) is 5.60 Å². The maximum atomic E-state index is 12.4. The molecule has 0 saturated carbocycles. The van der Waals surface area contributed by atoms with Crippen molar-refractivity contribution < 1.29 is 24.2 Å². The van der Waals surface area contributed by atoms with Crippen LogP contribution >= 0.6 is 15.9 Å². The van der Waals surface area contributed by atoms with Gasteiger partial charge in [-0.25, -0.2) is 9.59 Å². The summed E-state index contributed by atoms with van der Waals surface area (Å²) in [4.78, 5) is 25.1. The number of halogens is 1. The molecule has 7 heteroatoms. The normalized spacial score (nSPS) is 15.8. The monoisotopic (exact) mass is 447 g/mol. The average molecular weight is 448 g/mol. The van der Waals surface area contributed by atoms with Crippen LogP contribution in [0.15, 0.2) is 59.1 Å². The number of hydrogen-bond acceptors (Lipinski definition) is 4. The molecule has 1 aliphatic rings. The Balaban J connectivity index is 1.63. The Kier molecular flexibility index (Phi) is 6.70. The molecule has 2 aromatic carbocycles. The Hall–Kier alpha value is -2.38. The van der Waals surface area contributed by atoms with Crippen LogP contribution in [0, 0.1) is 0 Å². The standard InChI is InChI=1S/C21H22BrNO5/c22-18-8-6-17(7-9-18)21(28-15-19(24)25)10-12-23(13-11-21)20(26)27-14-16-4-2-1-3-5-16/h1-9H,10-15H2,(H,24,25). The van der Waals surface area contributed by atoms with Gasteiger partial charge in [0.25, 0.3) is 0 Å². The number of hydrogen-bond donors (Lipinski definition) is 1. The highest BCUT2D eigenvalue weighted by molar-refractivity contribution is 9.10. The van der Waals surface area contributed by atoms with Crippen molar-refractivity contribution in [3.63, 3.8) is 0 Å². The van der Waals surface area contributed by atoms with E-state index in [0.717, 1.165) is 15.6 Å².